The van der Waals surface area contributed by atoms with Gasteiger partial charge in [0.05, 0.1) is 13.0 Å². The molecule has 0 radical (unpaired) electrons. The number of fused-ring (bicyclic) bond motifs is 1. The van der Waals surface area contributed by atoms with Crippen LogP contribution in [0, 0.1) is 0 Å². The second-order valence-electron chi connectivity index (χ2n) is 4.61. The molecule has 18 heavy (non-hydrogen) atoms. The summed E-state index contributed by atoms with van der Waals surface area (Å²) in [7, 11) is 5.22. The van der Waals surface area contributed by atoms with Gasteiger partial charge in [0, 0.05) is 32.5 Å². The van der Waals surface area contributed by atoms with Crippen molar-refractivity contribution in [1.82, 2.24) is 4.90 Å². The van der Waals surface area contributed by atoms with Crippen molar-refractivity contribution in [3.8, 4) is 0 Å². The Hall–Kier alpha value is -2.04. The summed E-state index contributed by atoms with van der Waals surface area (Å²) in [5.74, 6) is 0.121. The summed E-state index contributed by atoms with van der Waals surface area (Å²) in [5, 5.41) is 3.06. The Morgan fingerprint density at radius 3 is 2.83 bits per heavy atom. The summed E-state index contributed by atoms with van der Waals surface area (Å²) in [5.41, 5.74) is 2.82. The van der Waals surface area contributed by atoms with E-state index >= 15 is 0 Å². The van der Waals surface area contributed by atoms with Crippen molar-refractivity contribution >= 4 is 23.2 Å². The number of benzene rings is 1. The summed E-state index contributed by atoms with van der Waals surface area (Å²) >= 11 is 0. The van der Waals surface area contributed by atoms with E-state index in [2.05, 4.69) is 5.32 Å². The first-order chi connectivity index (χ1) is 8.49. The van der Waals surface area contributed by atoms with Gasteiger partial charge >= 0.3 is 0 Å². The Morgan fingerprint density at radius 1 is 1.44 bits per heavy atom. The summed E-state index contributed by atoms with van der Waals surface area (Å²) in [6.45, 7) is 0.259. The second-order valence-corrected chi connectivity index (χ2v) is 4.61. The molecule has 96 valence electrons. The lowest BCUT2D eigenvalue weighted by atomic mass is 10.1. The highest BCUT2D eigenvalue weighted by molar-refractivity contribution is 6.01. The molecule has 0 bridgehead atoms. The fourth-order valence-electron chi connectivity index (χ4n) is 1.92. The predicted octanol–water partition coefficient (Wildman–Crippen LogP) is 0.706. The number of hydrogen-bond donors (Lipinski definition) is 1. The van der Waals surface area contributed by atoms with Gasteiger partial charge in [0.15, 0.2) is 0 Å². The number of rotatable bonds is 3. The van der Waals surface area contributed by atoms with Crippen LogP contribution in [0.5, 0.6) is 0 Å². The van der Waals surface area contributed by atoms with Gasteiger partial charge in [-0.15, -0.1) is 0 Å². The molecule has 1 N–H and O–H groups in total. The molecule has 0 aliphatic carbocycles. The van der Waals surface area contributed by atoms with Crippen molar-refractivity contribution < 1.29 is 9.59 Å². The SMILES string of the molecule is CN(C)C(=O)CNc1ccc2c(c1)CC(=O)N2C. The third-order valence-electron chi connectivity index (χ3n) is 3.10. The van der Waals surface area contributed by atoms with Crippen molar-refractivity contribution in [3.63, 3.8) is 0 Å². The highest BCUT2D eigenvalue weighted by Gasteiger charge is 2.23. The van der Waals surface area contributed by atoms with E-state index in [0.717, 1.165) is 16.9 Å². The average Bonchev–Trinajstić information content (AvgIpc) is 2.61. The number of nitrogens with one attached hydrogen (secondary N) is 1. The van der Waals surface area contributed by atoms with E-state index in [9.17, 15) is 9.59 Å². The van der Waals surface area contributed by atoms with Crippen molar-refractivity contribution in [3.05, 3.63) is 23.8 Å². The molecule has 0 saturated carbocycles. The zero-order valence-electron chi connectivity index (χ0n) is 10.9. The molecule has 0 fully saturated rings. The van der Waals surface area contributed by atoms with Crippen LogP contribution in [0.3, 0.4) is 0 Å². The Morgan fingerprint density at radius 2 is 2.17 bits per heavy atom. The Kier molecular flexibility index (Phi) is 3.23. The highest BCUT2D eigenvalue weighted by atomic mass is 16.2. The number of hydrogen-bond acceptors (Lipinski definition) is 3. The van der Waals surface area contributed by atoms with Crippen LogP contribution in [0.4, 0.5) is 11.4 Å². The van der Waals surface area contributed by atoms with Crippen LogP contribution in [-0.2, 0) is 16.0 Å². The fraction of sp³-hybridized carbons (Fsp3) is 0.385. The van der Waals surface area contributed by atoms with Gasteiger partial charge in [-0.2, -0.15) is 0 Å². The smallest absolute Gasteiger partial charge is 0.241 e. The Labute approximate surface area is 106 Å². The zero-order chi connectivity index (χ0) is 13.3. The quantitative estimate of drug-likeness (QED) is 0.855. The topological polar surface area (TPSA) is 52.7 Å². The summed E-state index contributed by atoms with van der Waals surface area (Å²) < 4.78 is 0. The molecule has 0 atom stereocenters. The maximum absolute atomic E-state index is 11.5. The molecule has 1 aliphatic rings. The first kappa shape index (κ1) is 12.4. The molecule has 1 heterocycles. The standard InChI is InChI=1S/C13H17N3O2/c1-15(2)13(18)8-14-10-4-5-11-9(6-10)7-12(17)16(11)3/h4-6,14H,7-8H2,1-3H3. The van der Waals surface area contributed by atoms with Crippen LogP contribution in [0.1, 0.15) is 5.56 Å². The van der Waals surface area contributed by atoms with E-state index < -0.39 is 0 Å². The monoisotopic (exact) mass is 247 g/mol. The number of amides is 2. The molecule has 0 spiro atoms. The van der Waals surface area contributed by atoms with Gasteiger partial charge in [-0.1, -0.05) is 0 Å². The molecule has 0 saturated heterocycles. The number of likely N-dealkylation sites (N-methyl/N-ethyl adjacent to an activating group) is 2. The Bertz CT molecular complexity index is 497. The molecule has 0 aromatic heterocycles. The molecular weight excluding hydrogens is 230 g/mol. The van der Waals surface area contributed by atoms with Crippen LogP contribution >= 0.6 is 0 Å². The first-order valence-electron chi connectivity index (χ1n) is 5.82. The normalized spacial score (nSPS) is 13.5. The third kappa shape index (κ3) is 2.30. The third-order valence-corrected chi connectivity index (χ3v) is 3.10. The van der Waals surface area contributed by atoms with Gasteiger partial charge in [0.25, 0.3) is 0 Å². The number of nitrogens with zero attached hydrogens (tertiary/aromatic N) is 2. The first-order valence-corrected chi connectivity index (χ1v) is 5.82. The van der Waals surface area contributed by atoms with Gasteiger partial charge in [-0.3, -0.25) is 9.59 Å². The van der Waals surface area contributed by atoms with Crippen molar-refractivity contribution in [2.75, 3.05) is 37.9 Å². The summed E-state index contributed by atoms with van der Waals surface area (Å²) in [6, 6.07) is 5.72. The van der Waals surface area contributed by atoms with E-state index in [1.807, 2.05) is 18.2 Å². The van der Waals surface area contributed by atoms with E-state index in [4.69, 9.17) is 0 Å². The minimum Gasteiger partial charge on any atom is -0.376 e. The summed E-state index contributed by atoms with van der Waals surface area (Å²) in [4.78, 5) is 26.2. The lowest BCUT2D eigenvalue weighted by Gasteiger charge is -2.13. The Balaban J connectivity index is 2.07. The number of anilines is 2. The molecule has 5 heteroatoms. The van der Waals surface area contributed by atoms with Gasteiger partial charge in [-0.25, -0.2) is 0 Å². The van der Waals surface area contributed by atoms with Crippen LogP contribution in [-0.4, -0.2) is 44.4 Å². The zero-order valence-corrected chi connectivity index (χ0v) is 10.9. The lowest BCUT2D eigenvalue weighted by Crippen LogP contribution is -2.28. The molecular formula is C13H17N3O2. The fourth-order valence-corrected chi connectivity index (χ4v) is 1.92. The van der Waals surface area contributed by atoms with Crippen molar-refractivity contribution in [2.24, 2.45) is 0 Å². The molecule has 5 nitrogen and oxygen atoms in total. The largest absolute Gasteiger partial charge is 0.376 e. The van der Waals surface area contributed by atoms with Crippen LogP contribution in [0.15, 0.2) is 18.2 Å². The summed E-state index contributed by atoms with van der Waals surface area (Å²) in [6.07, 6.45) is 0.434. The molecule has 0 unspecified atom stereocenters. The van der Waals surface area contributed by atoms with Crippen molar-refractivity contribution in [2.45, 2.75) is 6.42 Å². The molecule has 1 aromatic rings. The minimum atomic E-state index is 0.0173. The number of carbonyl (C=O) groups excluding carboxylic acids is 2. The predicted molar refractivity (Wildman–Crippen MR) is 70.7 cm³/mol. The second kappa shape index (κ2) is 4.68. The maximum Gasteiger partial charge on any atom is 0.241 e. The van der Waals surface area contributed by atoms with Crippen LogP contribution in [0.25, 0.3) is 0 Å². The molecule has 1 aliphatic heterocycles. The van der Waals surface area contributed by atoms with E-state index in [-0.39, 0.29) is 18.4 Å². The minimum absolute atomic E-state index is 0.0173. The van der Waals surface area contributed by atoms with Crippen molar-refractivity contribution in [1.29, 1.82) is 0 Å². The van der Waals surface area contributed by atoms with E-state index in [1.54, 1.807) is 26.0 Å². The maximum atomic E-state index is 11.5. The highest BCUT2D eigenvalue weighted by Crippen LogP contribution is 2.29. The molecule has 2 rings (SSSR count). The van der Waals surface area contributed by atoms with E-state index in [0.29, 0.717) is 6.42 Å². The van der Waals surface area contributed by atoms with Gasteiger partial charge in [0.2, 0.25) is 11.8 Å². The average molecular weight is 247 g/mol. The van der Waals surface area contributed by atoms with Crippen LogP contribution in [0.2, 0.25) is 0 Å². The number of carbonyl (C=O) groups is 2. The molecule has 2 amide bonds. The van der Waals surface area contributed by atoms with Gasteiger partial charge in [0.1, 0.15) is 0 Å². The molecule has 1 aromatic carbocycles. The lowest BCUT2D eigenvalue weighted by molar-refractivity contribution is -0.126. The van der Waals surface area contributed by atoms with Crippen LogP contribution < -0.4 is 10.2 Å². The van der Waals surface area contributed by atoms with Gasteiger partial charge < -0.3 is 15.1 Å². The van der Waals surface area contributed by atoms with Gasteiger partial charge in [-0.05, 0) is 23.8 Å². The van der Waals surface area contributed by atoms with E-state index in [1.165, 1.54) is 4.90 Å².